The highest BCUT2D eigenvalue weighted by molar-refractivity contribution is 7.10. The van der Waals surface area contributed by atoms with Gasteiger partial charge >= 0.3 is 0 Å². The molecule has 1 aliphatic heterocycles. The zero-order valence-electron chi connectivity index (χ0n) is 10.5. The summed E-state index contributed by atoms with van der Waals surface area (Å²) in [4.78, 5) is 11.6. The molecule has 0 atom stereocenters. The Hall–Kier alpha value is -0.940. The van der Waals surface area contributed by atoms with E-state index in [0.29, 0.717) is 0 Å². The van der Waals surface area contributed by atoms with E-state index in [-0.39, 0.29) is 11.3 Å². The van der Waals surface area contributed by atoms with Gasteiger partial charge in [-0.1, -0.05) is 0 Å². The van der Waals surface area contributed by atoms with Crippen LogP contribution in [0.2, 0.25) is 0 Å². The molecule has 1 N–H and O–H groups in total. The summed E-state index contributed by atoms with van der Waals surface area (Å²) in [5, 5.41) is 4.39. The number of rotatable bonds is 3. The number of carbonyl (C=O) groups is 1. The first-order valence-electron chi connectivity index (χ1n) is 5.85. The molecule has 0 spiro atoms. The summed E-state index contributed by atoms with van der Waals surface area (Å²) >= 11 is 1.37. The van der Waals surface area contributed by atoms with Gasteiger partial charge in [-0.3, -0.25) is 4.79 Å². The predicted octanol–water partition coefficient (Wildman–Crippen LogP) is 2.64. The Kier molecular flexibility index (Phi) is 3.49. The second kappa shape index (κ2) is 4.74. The number of aromatic nitrogens is 1. The average Bonchev–Trinajstić information content (AvgIpc) is 2.60. The van der Waals surface area contributed by atoms with Crippen molar-refractivity contribution in [3.05, 3.63) is 11.3 Å². The van der Waals surface area contributed by atoms with Crippen molar-refractivity contribution in [3.63, 3.8) is 0 Å². The third-order valence-electron chi connectivity index (χ3n) is 3.23. The van der Waals surface area contributed by atoms with Crippen LogP contribution in [0.3, 0.4) is 0 Å². The molecular formula is C12H18N2O2S. The number of carbonyl (C=O) groups excluding carboxylic acids is 1. The molecule has 17 heavy (non-hydrogen) atoms. The number of anilines is 1. The summed E-state index contributed by atoms with van der Waals surface area (Å²) in [5.41, 5.74) is 1.57. The number of nitrogens with one attached hydrogen (secondary N) is 1. The molecule has 2 heterocycles. The third kappa shape index (κ3) is 2.66. The van der Waals surface area contributed by atoms with Crippen LogP contribution in [0.1, 0.15) is 42.7 Å². The maximum Gasteiger partial charge on any atom is 0.164 e. The van der Waals surface area contributed by atoms with Crippen molar-refractivity contribution < 1.29 is 9.53 Å². The lowest BCUT2D eigenvalue weighted by molar-refractivity contribution is 0.0659. The molecule has 0 unspecified atom stereocenters. The molecule has 0 aromatic carbocycles. The van der Waals surface area contributed by atoms with Crippen molar-refractivity contribution in [3.8, 4) is 0 Å². The van der Waals surface area contributed by atoms with Crippen molar-refractivity contribution in [2.24, 2.45) is 0 Å². The molecular weight excluding hydrogens is 236 g/mol. The molecule has 1 aromatic heterocycles. The van der Waals surface area contributed by atoms with Crippen LogP contribution in [-0.2, 0) is 4.74 Å². The number of aryl methyl sites for hydroxylation is 1. The number of nitrogens with zero attached hydrogens (tertiary/aromatic N) is 1. The number of Topliss-reactive ketones (excluding diaryl/α,β-unsaturated/α-hetero) is 1. The SMILES string of the molecule is CC(=O)c1c(C)nsc1NC1(C)CCOCC1. The third-order valence-corrected chi connectivity index (χ3v) is 4.08. The number of ether oxygens (including phenoxy) is 1. The van der Waals surface area contributed by atoms with Gasteiger partial charge in [0.1, 0.15) is 5.00 Å². The fourth-order valence-electron chi connectivity index (χ4n) is 2.09. The van der Waals surface area contributed by atoms with Gasteiger partial charge in [-0.15, -0.1) is 0 Å². The van der Waals surface area contributed by atoms with E-state index in [2.05, 4.69) is 16.6 Å². The normalized spacial score (nSPS) is 19.0. The van der Waals surface area contributed by atoms with Gasteiger partial charge in [0.05, 0.1) is 11.3 Å². The fraction of sp³-hybridized carbons (Fsp3) is 0.667. The fourth-order valence-corrected chi connectivity index (χ4v) is 3.08. The van der Waals surface area contributed by atoms with Crippen LogP contribution in [0, 0.1) is 6.92 Å². The second-order valence-corrected chi connectivity index (χ2v) is 5.60. The number of hydrogen-bond acceptors (Lipinski definition) is 5. The van der Waals surface area contributed by atoms with Crippen LogP contribution < -0.4 is 5.32 Å². The molecule has 5 heteroatoms. The van der Waals surface area contributed by atoms with Crippen LogP contribution in [0.15, 0.2) is 0 Å². The Morgan fingerprint density at radius 2 is 2.12 bits per heavy atom. The minimum Gasteiger partial charge on any atom is -0.381 e. The lowest BCUT2D eigenvalue weighted by Gasteiger charge is -2.34. The summed E-state index contributed by atoms with van der Waals surface area (Å²) in [5.74, 6) is 0.0782. The monoisotopic (exact) mass is 254 g/mol. The smallest absolute Gasteiger partial charge is 0.164 e. The number of ketones is 1. The standard InChI is InChI=1S/C12H18N2O2S/c1-8-10(9(2)15)11(17-14-8)13-12(3)4-6-16-7-5-12/h13H,4-7H2,1-3H3. The van der Waals surface area contributed by atoms with Crippen molar-refractivity contribution in [1.29, 1.82) is 0 Å². The second-order valence-electron chi connectivity index (χ2n) is 4.83. The zero-order valence-corrected chi connectivity index (χ0v) is 11.3. The summed E-state index contributed by atoms with van der Waals surface area (Å²) in [6.07, 6.45) is 1.92. The molecule has 0 aliphatic carbocycles. The minimum atomic E-state index is 0.0153. The van der Waals surface area contributed by atoms with Gasteiger partial charge in [-0.2, -0.15) is 4.37 Å². The number of hydrogen-bond donors (Lipinski definition) is 1. The minimum absolute atomic E-state index is 0.0153. The maximum atomic E-state index is 11.6. The van der Waals surface area contributed by atoms with Crippen molar-refractivity contribution in [2.45, 2.75) is 39.2 Å². The first-order chi connectivity index (χ1) is 8.02. The molecule has 1 aromatic rings. The van der Waals surface area contributed by atoms with Crippen LogP contribution >= 0.6 is 11.5 Å². The van der Waals surface area contributed by atoms with Crippen LogP contribution in [-0.4, -0.2) is 28.9 Å². The largest absolute Gasteiger partial charge is 0.381 e. The Morgan fingerprint density at radius 1 is 1.47 bits per heavy atom. The van der Waals surface area contributed by atoms with E-state index < -0.39 is 0 Å². The van der Waals surface area contributed by atoms with Crippen molar-refractivity contribution in [1.82, 2.24) is 4.37 Å². The summed E-state index contributed by atoms with van der Waals surface area (Å²) in [6, 6.07) is 0. The topological polar surface area (TPSA) is 51.2 Å². The highest BCUT2D eigenvalue weighted by atomic mass is 32.1. The molecule has 0 amide bonds. The van der Waals surface area contributed by atoms with Gasteiger partial charge in [0.25, 0.3) is 0 Å². The van der Waals surface area contributed by atoms with Gasteiger partial charge in [-0.25, -0.2) is 0 Å². The molecule has 0 radical (unpaired) electrons. The first-order valence-corrected chi connectivity index (χ1v) is 6.62. The first kappa shape index (κ1) is 12.5. The molecule has 0 bridgehead atoms. The van der Waals surface area contributed by atoms with E-state index >= 15 is 0 Å². The van der Waals surface area contributed by atoms with E-state index in [0.717, 1.165) is 42.3 Å². The highest BCUT2D eigenvalue weighted by Gasteiger charge is 2.29. The quantitative estimate of drug-likeness (QED) is 0.842. The van der Waals surface area contributed by atoms with Crippen LogP contribution in [0.5, 0.6) is 0 Å². The molecule has 94 valence electrons. The van der Waals surface area contributed by atoms with E-state index in [1.807, 2.05) is 6.92 Å². The van der Waals surface area contributed by atoms with E-state index in [1.165, 1.54) is 11.5 Å². The zero-order chi connectivity index (χ0) is 12.5. The molecule has 2 rings (SSSR count). The molecule has 1 saturated heterocycles. The Balaban J connectivity index is 2.20. The summed E-state index contributed by atoms with van der Waals surface area (Å²) < 4.78 is 9.63. The average molecular weight is 254 g/mol. The molecule has 0 saturated carbocycles. The molecule has 1 fully saturated rings. The predicted molar refractivity (Wildman–Crippen MR) is 68.9 cm³/mol. The van der Waals surface area contributed by atoms with Gasteiger partial charge in [0.15, 0.2) is 5.78 Å². The Bertz CT molecular complexity index is 422. The molecule has 4 nitrogen and oxygen atoms in total. The van der Waals surface area contributed by atoms with E-state index in [4.69, 9.17) is 4.74 Å². The van der Waals surface area contributed by atoms with Gasteiger partial charge in [0, 0.05) is 18.8 Å². The summed E-state index contributed by atoms with van der Waals surface area (Å²) in [6.45, 7) is 7.20. The lowest BCUT2D eigenvalue weighted by Crippen LogP contribution is -2.40. The van der Waals surface area contributed by atoms with Crippen LogP contribution in [0.25, 0.3) is 0 Å². The Labute approximate surface area is 106 Å². The highest BCUT2D eigenvalue weighted by Crippen LogP contribution is 2.31. The van der Waals surface area contributed by atoms with E-state index in [9.17, 15) is 4.79 Å². The van der Waals surface area contributed by atoms with Gasteiger partial charge < -0.3 is 10.1 Å². The van der Waals surface area contributed by atoms with E-state index in [1.54, 1.807) is 6.92 Å². The van der Waals surface area contributed by atoms with Crippen molar-refractivity contribution in [2.75, 3.05) is 18.5 Å². The molecule has 1 aliphatic rings. The van der Waals surface area contributed by atoms with Gasteiger partial charge in [0.2, 0.25) is 0 Å². The Morgan fingerprint density at radius 3 is 2.71 bits per heavy atom. The van der Waals surface area contributed by atoms with Gasteiger partial charge in [-0.05, 0) is 45.1 Å². The van der Waals surface area contributed by atoms with Crippen LogP contribution in [0.4, 0.5) is 5.00 Å². The van der Waals surface area contributed by atoms with Crippen molar-refractivity contribution >= 4 is 22.3 Å². The lowest BCUT2D eigenvalue weighted by atomic mass is 9.92. The summed E-state index contributed by atoms with van der Waals surface area (Å²) in [7, 11) is 0. The maximum absolute atomic E-state index is 11.6.